The van der Waals surface area contributed by atoms with Crippen molar-refractivity contribution < 1.29 is 43.5 Å². The van der Waals surface area contributed by atoms with E-state index in [1.54, 1.807) is 12.3 Å². The summed E-state index contributed by atoms with van der Waals surface area (Å²) in [6.07, 6.45) is 2.48. The van der Waals surface area contributed by atoms with Crippen LogP contribution in [0, 0.1) is 0 Å². The number of amides is 7. The average molecular weight is 832 g/mol. The number of nitrogens with zero attached hydrogens (tertiary/aromatic N) is 2. The second-order valence-electron chi connectivity index (χ2n) is 13.5. The highest BCUT2D eigenvalue weighted by molar-refractivity contribution is 8.76. The highest BCUT2D eigenvalue weighted by Gasteiger charge is 2.40. The lowest BCUT2D eigenvalue weighted by Gasteiger charge is -2.30. The van der Waals surface area contributed by atoms with Crippen molar-refractivity contribution in [3.63, 3.8) is 0 Å². The lowest BCUT2D eigenvalue weighted by Crippen LogP contribution is -2.59. The summed E-state index contributed by atoms with van der Waals surface area (Å²) in [6.45, 7) is -0.233. The van der Waals surface area contributed by atoms with Gasteiger partial charge in [0.15, 0.2) is 5.96 Å². The van der Waals surface area contributed by atoms with E-state index in [0.29, 0.717) is 24.8 Å². The summed E-state index contributed by atoms with van der Waals surface area (Å²) in [5, 5.41) is 23.1. The standard InChI is InChI=1S/C35H49N11O9S2/c36-30(51)25-18-57-56-13-10-27(47)42-22(8-3-4-11-39-35(37)38)31(52)41-17-28(48)43-23(15-29(49)50)32(53)44-24(14-19-16-40-21-7-2-1-6-20(19)21)34(55)46-12-5-9-26(46)33(54)45-25/h1-2,6-7,16,22-26,40H,3-5,8-15,17-18H2,(H2,36,51)(H,41,52)(H,42,47)(H,43,48)(H,44,53)(H,45,54)(H,49,50)(H4,37,38,39)/t22?,23?,24-,25?,26-/m0/s1. The Morgan fingerprint density at radius 2 is 1.63 bits per heavy atom. The summed E-state index contributed by atoms with van der Waals surface area (Å²) in [6, 6.07) is 1.07. The van der Waals surface area contributed by atoms with E-state index in [1.165, 1.54) is 26.5 Å². The van der Waals surface area contributed by atoms with Gasteiger partial charge in [-0.1, -0.05) is 39.8 Å². The zero-order valence-corrected chi connectivity index (χ0v) is 32.8. The van der Waals surface area contributed by atoms with Crippen molar-refractivity contribution in [1.82, 2.24) is 36.5 Å². The van der Waals surface area contributed by atoms with Gasteiger partial charge in [0.05, 0.1) is 13.0 Å². The van der Waals surface area contributed by atoms with Crippen LogP contribution in [0.3, 0.4) is 0 Å². The molecule has 3 heterocycles. The number of fused-ring (bicyclic) bond motifs is 2. The van der Waals surface area contributed by atoms with Gasteiger partial charge < -0.3 is 58.8 Å². The molecule has 2 aromatic rings. The van der Waals surface area contributed by atoms with Crippen molar-refractivity contribution in [3.05, 3.63) is 36.0 Å². The van der Waals surface area contributed by atoms with E-state index < -0.39 is 90.5 Å². The van der Waals surface area contributed by atoms with Crippen molar-refractivity contribution in [1.29, 1.82) is 0 Å². The molecule has 1 aromatic heterocycles. The molecular weight excluding hydrogens is 783 g/mol. The van der Waals surface area contributed by atoms with Crippen LogP contribution in [0.1, 0.15) is 50.5 Å². The van der Waals surface area contributed by atoms with E-state index in [9.17, 15) is 43.5 Å². The molecule has 0 aliphatic carbocycles. The molecule has 13 N–H and O–H groups in total. The third-order valence-corrected chi connectivity index (χ3v) is 11.7. The molecule has 0 saturated carbocycles. The Kier molecular flexibility index (Phi) is 16.8. The number of aromatic amines is 1. The molecule has 2 fully saturated rings. The third kappa shape index (κ3) is 13.6. The zero-order valence-electron chi connectivity index (χ0n) is 31.1. The number of nitrogens with one attached hydrogen (secondary N) is 6. The molecule has 20 nitrogen and oxygen atoms in total. The van der Waals surface area contributed by atoms with Crippen molar-refractivity contribution >= 4 is 85.8 Å². The van der Waals surface area contributed by atoms with Crippen LogP contribution in [-0.2, 0) is 44.8 Å². The first kappa shape index (κ1) is 44.2. The Hall–Kier alpha value is -5.51. The lowest BCUT2D eigenvalue weighted by molar-refractivity contribution is -0.143. The van der Waals surface area contributed by atoms with E-state index in [0.717, 1.165) is 10.9 Å². The Balaban J connectivity index is 1.61. The Morgan fingerprint density at radius 1 is 0.877 bits per heavy atom. The normalized spacial score (nSPS) is 23.6. The maximum Gasteiger partial charge on any atom is 0.305 e. The largest absolute Gasteiger partial charge is 0.481 e. The Morgan fingerprint density at radius 3 is 2.37 bits per heavy atom. The minimum Gasteiger partial charge on any atom is -0.481 e. The number of carbonyl (C=O) groups is 8. The molecule has 3 unspecified atom stereocenters. The molecule has 4 rings (SSSR count). The van der Waals surface area contributed by atoms with Crippen LogP contribution >= 0.6 is 21.6 Å². The number of carboxylic acid groups (broad SMARTS) is 1. The molecule has 22 heteroatoms. The van der Waals surface area contributed by atoms with E-state index in [4.69, 9.17) is 17.2 Å². The molecule has 0 bridgehead atoms. The van der Waals surface area contributed by atoms with Crippen LogP contribution in [0.5, 0.6) is 0 Å². The van der Waals surface area contributed by atoms with Gasteiger partial charge in [-0.2, -0.15) is 0 Å². The van der Waals surface area contributed by atoms with Gasteiger partial charge in [0, 0.05) is 54.5 Å². The number of nitrogens with two attached hydrogens (primary N) is 3. The highest BCUT2D eigenvalue weighted by atomic mass is 33.1. The number of carbonyl (C=O) groups excluding carboxylic acids is 7. The summed E-state index contributed by atoms with van der Waals surface area (Å²) >= 11 is 0. The summed E-state index contributed by atoms with van der Waals surface area (Å²) in [5.74, 6) is -6.35. The topological polar surface area (TPSA) is 326 Å². The van der Waals surface area contributed by atoms with Crippen molar-refractivity contribution in [2.45, 2.75) is 81.6 Å². The number of unbranched alkanes of at least 4 members (excludes halogenated alkanes) is 1. The maximum atomic E-state index is 14.3. The summed E-state index contributed by atoms with van der Waals surface area (Å²) in [5.41, 5.74) is 17.8. The van der Waals surface area contributed by atoms with Crippen LogP contribution in [0.4, 0.5) is 0 Å². The summed E-state index contributed by atoms with van der Waals surface area (Å²) in [7, 11) is 2.45. The predicted molar refractivity (Wildman–Crippen MR) is 213 cm³/mol. The van der Waals surface area contributed by atoms with Crippen LogP contribution in [-0.4, -0.2) is 130 Å². The molecule has 0 spiro atoms. The van der Waals surface area contributed by atoms with Crippen molar-refractivity contribution in [2.75, 3.05) is 31.1 Å². The van der Waals surface area contributed by atoms with E-state index >= 15 is 0 Å². The van der Waals surface area contributed by atoms with Gasteiger partial charge in [-0.15, -0.1) is 0 Å². The first-order chi connectivity index (χ1) is 27.2. The van der Waals surface area contributed by atoms with Crippen LogP contribution < -0.4 is 43.8 Å². The minimum absolute atomic E-state index is 0.0195. The van der Waals surface area contributed by atoms with Gasteiger partial charge in [-0.25, -0.2) is 0 Å². The quantitative estimate of drug-likeness (QED) is 0.0534. The number of aliphatic carboxylic acids is 1. The number of aliphatic imine (C=N–C) groups is 1. The van der Waals surface area contributed by atoms with Gasteiger partial charge in [0.2, 0.25) is 41.4 Å². The van der Waals surface area contributed by atoms with Crippen LogP contribution in [0.2, 0.25) is 0 Å². The fraction of sp³-hybridized carbons (Fsp3) is 0.514. The second-order valence-corrected chi connectivity index (χ2v) is 16.1. The fourth-order valence-corrected chi connectivity index (χ4v) is 8.56. The Bertz CT molecular complexity index is 1840. The molecular formula is C35H49N11O9S2. The number of guanidine groups is 1. The molecule has 2 aliphatic heterocycles. The second kappa shape index (κ2) is 21.7. The highest BCUT2D eigenvalue weighted by Crippen LogP contribution is 2.25. The van der Waals surface area contributed by atoms with Gasteiger partial charge in [-0.3, -0.25) is 43.3 Å². The van der Waals surface area contributed by atoms with E-state index in [2.05, 4.69) is 36.6 Å². The van der Waals surface area contributed by atoms with Gasteiger partial charge in [0.1, 0.15) is 30.2 Å². The van der Waals surface area contributed by atoms with E-state index in [1.807, 2.05) is 18.2 Å². The van der Waals surface area contributed by atoms with Gasteiger partial charge in [0.25, 0.3) is 0 Å². The molecule has 2 aliphatic rings. The van der Waals surface area contributed by atoms with Crippen molar-refractivity contribution in [3.8, 4) is 0 Å². The molecule has 0 radical (unpaired) electrons. The molecule has 310 valence electrons. The molecule has 2 saturated heterocycles. The molecule has 1 aromatic carbocycles. The zero-order chi connectivity index (χ0) is 41.5. The third-order valence-electron chi connectivity index (χ3n) is 9.24. The average Bonchev–Trinajstić information content (AvgIpc) is 3.82. The van der Waals surface area contributed by atoms with Gasteiger partial charge >= 0.3 is 5.97 Å². The minimum atomic E-state index is -1.68. The van der Waals surface area contributed by atoms with Gasteiger partial charge in [-0.05, 0) is 43.7 Å². The van der Waals surface area contributed by atoms with Crippen molar-refractivity contribution in [2.24, 2.45) is 22.2 Å². The number of hydrogen-bond acceptors (Lipinski definition) is 11. The smallest absolute Gasteiger partial charge is 0.305 e. The molecule has 5 atom stereocenters. The number of para-hydroxylation sites is 1. The Labute approximate surface area is 335 Å². The molecule has 57 heavy (non-hydrogen) atoms. The number of aromatic nitrogens is 1. The monoisotopic (exact) mass is 831 g/mol. The van der Waals surface area contributed by atoms with E-state index in [-0.39, 0.29) is 56.2 Å². The van der Waals surface area contributed by atoms with Crippen LogP contribution in [0.15, 0.2) is 35.5 Å². The first-order valence-corrected chi connectivity index (χ1v) is 20.9. The lowest BCUT2D eigenvalue weighted by atomic mass is 10.0. The molecule has 7 amide bonds. The predicted octanol–water partition coefficient (Wildman–Crippen LogP) is -2.05. The number of rotatable bonds is 10. The number of hydrogen-bond donors (Lipinski definition) is 10. The fourth-order valence-electron chi connectivity index (χ4n) is 6.39. The maximum absolute atomic E-state index is 14.3. The summed E-state index contributed by atoms with van der Waals surface area (Å²) in [4.78, 5) is 114. The number of carboxylic acids is 1. The first-order valence-electron chi connectivity index (χ1n) is 18.4. The summed E-state index contributed by atoms with van der Waals surface area (Å²) < 4.78 is 0. The number of primary amides is 1. The number of benzene rings is 1. The van der Waals surface area contributed by atoms with Crippen LogP contribution in [0.25, 0.3) is 10.9 Å². The number of H-pyrrole nitrogens is 1. The SMILES string of the molecule is NC(=O)C1CSSCCC(=O)NC(CCCCN=C(N)N)C(=O)NCC(=O)NC(CC(=O)O)C(=O)N[C@@H](Cc2c[nH]c3ccccc23)C(=O)N2CCC[C@H]2C(=O)N1.